The van der Waals surface area contributed by atoms with Crippen LogP contribution >= 0.6 is 0 Å². The Morgan fingerprint density at radius 1 is 0.362 bits per heavy atom. The minimum atomic E-state index is 0.00926. The van der Waals surface area contributed by atoms with E-state index in [0.29, 0.717) is 32.3 Å². The molecule has 7 rings (SSSR count). The molecular formula is C104H213N3O9. The number of aliphatic hydroxyl groups excluding tert-OH is 7. The molecule has 698 valence electrons. The quantitative estimate of drug-likeness (QED) is 0.0338. The number of methoxy groups -OCH3 is 1. The third-order valence-corrected chi connectivity index (χ3v) is 23.0. The van der Waals surface area contributed by atoms with Crippen LogP contribution in [0, 0.1) is 107 Å². The van der Waals surface area contributed by atoms with Crippen LogP contribution in [0.15, 0.2) is 49.1 Å². The van der Waals surface area contributed by atoms with Gasteiger partial charge in [0.15, 0.2) is 0 Å². The molecule has 3 aliphatic carbocycles. The molecule has 0 atom stereocenters. The Labute approximate surface area is 726 Å². The highest BCUT2D eigenvalue weighted by atomic mass is 16.5. The molecular weight excluding hydrogens is 1440 g/mol. The Kier molecular flexibility index (Phi) is 96.1. The first kappa shape index (κ1) is 125. The Morgan fingerprint density at radius 2 is 0.698 bits per heavy atom. The van der Waals surface area contributed by atoms with Crippen molar-refractivity contribution in [1.29, 1.82) is 0 Å². The summed E-state index contributed by atoms with van der Waals surface area (Å²) in [5, 5.41) is 61.0. The van der Waals surface area contributed by atoms with Gasteiger partial charge < -0.3 is 49.8 Å². The van der Waals surface area contributed by atoms with Crippen LogP contribution in [-0.4, -0.2) is 135 Å². The maximum absolute atomic E-state index is 9.21. The number of aliphatic hydroxyl groups is 7. The Bertz CT molecular complexity index is 1980. The summed E-state index contributed by atoms with van der Waals surface area (Å²) < 4.78 is 12.2. The number of aromatic nitrogens is 2. The molecule has 1 aromatic carbocycles. The van der Waals surface area contributed by atoms with Crippen molar-refractivity contribution >= 4 is 0 Å². The summed E-state index contributed by atoms with van der Waals surface area (Å²) in [7, 11) is 1.74. The van der Waals surface area contributed by atoms with E-state index in [9.17, 15) is 15.3 Å². The number of hydrogen-bond donors (Lipinski definition) is 7. The maximum atomic E-state index is 9.21. The molecule has 7 N–H and O–H groups in total. The lowest BCUT2D eigenvalue weighted by atomic mass is 9.81. The molecule has 116 heavy (non-hydrogen) atoms. The number of likely N-dealkylation sites (tertiary alicyclic amines) is 1. The Balaban J connectivity index is -0.000000285. The molecule has 1 aromatic heterocycles. The maximum Gasteiger partial charge on any atom is 0.0945 e. The molecule has 2 saturated heterocycles. The zero-order valence-electron chi connectivity index (χ0n) is 83.4. The van der Waals surface area contributed by atoms with Crippen molar-refractivity contribution in [3.63, 3.8) is 0 Å². The zero-order valence-corrected chi connectivity index (χ0v) is 83.4. The largest absolute Gasteiger partial charge is 0.396 e. The summed E-state index contributed by atoms with van der Waals surface area (Å²) in [5.41, 5.74) is 1.45. The van der Waals surface area contributed by atoms with Gasteiger partial charge in [0.05, 0.1) is 24.6 Å². The van der Waals surface area contributed by atoms with Gasteiger partial charge >= 0.3 is 0 Å². The number of imidazole rings is 1. The van der Waals surface area contributed by atoms with Crippen LogP contribution in [0.25, 0.3) is 0 Å². The number of hydrogen-bond acceptors (Lipinski definition) is 11. The first-order valence-electron chi connectivity index (χ1n) is 49.1. The molecule has 0 bridgehead atoms. The highest BCUT2D eigenvalue weighted by Gasteiger charge is 2.25. The van der Waals surface area contributed by atoms with Gasteiger partial charge in [0.2, 0.25) is 0 Å². The van der Waals surface area contributed by atoms with Crippen LogP contribution in [0.2, 0.25) is 0 Å². The summed E-state index contributed by atoms with van der Waals surface area (Å²) in [5.74, 6) is 15.1. The molecule has 3 saturated carbocycles. The summed E-state index contributed by atoms with van der Waals surface area (Å²) in [6.07, 6.45) is 46.4. The van der Waals surface area contributed by atoms with Crippen LogP contribution in [0.5, 0.6) is 0 Å². The second-order valence-corrected chi connectivity index (χ2v) is 40.0. The van der Waals surface area contributed by atoms with Crippen molar-refractivity contribution in [1.82, 2.24) is 14.5 Å². The third-order valence-electron chi connectivity index (χ3n) is 23.0. The fourth-order valence-electron chi connectivity index (χ4n) is 14.2. The fourth-order valence-corrected chi connectivity index (χ4v) is 14.2. The van der Waals surface area contributed by atoms with Gasteiger partial charge in [-0.05, 0) is 279 Å². The van der Waals surface area contributed by atoms with Crippen molar-refractivity contribution in [3.05, 3.63) is 54.6 Å². The summed E-state index contributed by atoms with van der Waals surface area (Å²) >= 11 is 0. The average molecular weight is 1650 g/mol. The average Bonchev–Trinajstić information content (AvgIpc) is 0.994. The van der Waals surface area contributed by atoms with Crippen LogP contribution in [0.3, 0.4) is 0 Å². The molecule has 3 heterocycles. The molecule has 0 amide bonds. The van der Waals surface area contributed by atoms with Gasteiger partial charge in [-0.15, -0.1) is 0 Å². The lowest BCUT2D eigenvalue weighted by Crippen LogP contribution is -2.34. The molecule has 12 heteroatoms. The van der Waals surface area contributed by atoms with E-state index in [1.165, 1.54) is 166 Å². The normalized spacial score (nSPS) is 18.9. The predicted octanol–water partition coefficient (Wildman–Crippen LogP) is 27.9. The molecule has 0 unspecified atom stereocenters. The molecule has 0 radical (unpaired) electrons. The zero-order chi connectivity index (χ0) is 89.5. The van der Waals surface area contributed by atoms with E-state index in [4.69, 9.17) is 29.9 Å². The third kappa shape index (κ3) is 95.9. The Hall–Kier alpha value is -1.97. The van der Waals surface area contributed by atoms with E-state index < -0.39 is 0 Å². The van der Waals surface area contributed by atoms with E-state index in [1.807, 2.05) is 18.7 Å². The fraction of sp³-hybridized carbons (Fsp3) is 0.913. The minimum absolute atomic E-state index is 0.00926. The number of unbranched alkanes of at least 4 members (excludes halogenated alkanes) is 4. The summed E-state index contributed by atoms with van der Waals surface area (Å²) in [6.45, 7) is 71.9. The second-order valence-electron chi connectivity index (χ2n) is 40.0. The molecule has 12 nitrogen and oxygen atoms in total. The number of piperidine rings is 1. The Morgan fingerprint density at radius 3 is 0.966 bits per heavy atom. The van der Waals surface area contributed by atoms with Crippen molar-refractivity contribution in [2.45, 2.75) is 444 Å². The smallest absolute Gasteiger partial charge is 0.0945 e. The van der Waals surface area contributed by atoms with Gasteiger partial charge in [0, 0.05) is 78.8 Å². The number of rotatable bonds is 33. The standard InChI is InChI=1S/C15H23N.C9H16N2.3C9H18O.C8H16O.C8H18O.C7H16O.C7H16.2C6H14O.C6H14.C5H12O/c1-13(2)15-8-10-16(11-9-15)12-14-6-4-3-5-7-14;1-9(2)4-3-6-11-7-5-10-8-11;3*1-7(2)8-3-5-9(10)6-4-8;1-7(2)8-3-5-9-6-4-8;1-8(2)6-4-3-5-7-9;1-7(2)5-3-4-6-8;1-4-5-6-7(2)3;1-6(2)4-5-7-3;1-6(2)4-3-5-7;1-4-5-6(2)3;1-5(2)3-4-6/h3-7,13,15H,8-12H2,1-2H3;5,7-9H,3-4,6H2,1-2H3;3*7-10H,3-6H2,1-2H3;7-8H,3-6H2,1-2H3;8-9H,3-7H2,1-2H3;7-8H,3-6H2,1-2H3;7H,4-6H2,1-3H3;6H,4-5H2,1-3H3;6-7H,3-5H2,1-2H3;6H,4-5H2,1-3H3;5-6H,3-4H2,1-2H3. The van der Waals surface area contributed by atoms with E-state index in [0.717, 1.165) is 204 Å². The van der Waals surface area contributed by atoms with E-state index in [1.54, 1.807) is 7.11 Å². The van der Waals surface area contributed by atoms with E-state index in [2.05, 4.69) is 239 Å². The van der Waals surface area contributed by atoms with Crippen molar-refractivity contribution in [3.8, 4) is 0 Å². The first-order valence-corrected chi connectivity index (χ1v) is 49.1. The van der Waals surface area contributed by atoms with Gasteiger partial charge in [0.25, 0.3) is 0 Å². The van der Waals surface area contributed by atoms with Gasteiger partial charge in [-0.1, -0.05) is 288 Å². The topological polar surface area (TPSA) is 181 Å². The van der Waals surface area contributed by atoms with E-state index >= 15 is 0 Å². The summed E-state index contributed by atoms with van der Waals surface area (Å²) in [4.78, 5) is 6.57. The van der Waals surface area contributed by atoms with Crippen LogP contribution in [0.4, 0.5) is 0 Å². The van der Waals surface area contributed by atoms with Crippen molar-refractivity contribution in [2.75, 3.05) is 66.4 Å². The molecule has 5 aliphatic rings. The van der Waals surface area contributed by atoms with Crippen LogP contribution in [-0.2, 0) is 22.6 Å². The molecule has 2 aromatic rings. The second kappa shape index (κ2) is 89.3. The summed E-state index contributed by atoms with van der Waals surface area (Å²) in [6, 6.07) is 10.8. The van der Waals surface area contributed by atoms with Crippen molar-refractivity contribution < 1.29 is 45.2 Å². The SMILES string of the molecule is CC(C)C1CCC(O)CC1.CC(C)C1CCC(O)CC1.CC(C)C1CCC(O)CC1.CC(C)C1CCN(Cc2ccccc2)CC1.CC(C)C1CCOCC1.CC(C)CCCCCO.CC(C)CCCCO.CC(C)CCCO.CC(C)CCCn1ccnc1.CC(C)CCO.CCCC(C)C.CCCCC(C)C.COCCC(C)C. The predicted molar refractivity (Wildman–Crippen MR) is 512 cm³/mol. The lowest BCUT2D eigenvalue weighted by molar-refractivity contribution is 0.0523. The molecule has 5 fully saturated rings. The van der Waals surface area contributed by atoms with Crippen molar-refractivity contribution in [2.24, 2.45) is 107 Å². The lowest BCUT2D eigenvalue weighted by Gasteiger charge is -2.33. The van der Waals surface area contributed by atoms with Crippen LogP contribution < -0.4 is 0 Å². The van der Waals surface area contributed by atoms with E-state index in [-0.39, 0.29) is 18.3 Å². The highest BCUT2D eigenvalue weighted by Crippen LogP contribution is 2.32. The first-order chi connectivity index (χ1) is 54.8. The number of nitrogens with zero attached hydrogens (tertiary/aromatic N) is 3. The van der Waals surface area contributed by atoms with Gasteiger partial charge in [0.1, 0.15) is 0 Å². The minimum Gasteiger partial charge on any atom is -0.396 e. The van der Waals surface area contributed by atoms with Gasteiger partial charge in [-0.2, -0.15) is 0 Å². The molecule has 2 aliphatic heterocycles. The van der Waals surface area contributed by atoms with Gasteiger partial charge in [-0.25, -0.2) is 4.98 Å². The van der Waals surface area contributed by atoms with Gasteiger partial charge in [-0.3, -0.25) is 4.90 Å². The number of aryl methyl sites for hydroxylation is 1. The number of ether oxygens (including phenoxy) is 2. The highest BCUT2D eigenvalue weighted by molar-refractivity contribution is 5.14. The van der Waals surface area contributed by atoms with Crippen LogP contribution in [0.1, 0.15) is 418 Å². The molecule has 0 spiro atoms. The monoisotopic (exact) mass is 1650 g/mol. The number of benzene rings is 1.